The Kier molecular flexibility index (Phi) is 3.59. The minimum absolute atomic E-state index is 0.336. The Morgan fingerprint density at radius 1 is 1.18 bits per heavy atom. The van der Waals surface area contributed by atoms with Crippen LogP contribution >= 0.6 is 0 Å². The van der Waals surface area contributed by atoms with Gasteiger partial charge in [-0.3, -0.25) is 0 Å². The van der Waals surface area contributed by atoms with Crippen molar-refractivity contribution >= 4 is 16.9 Å². The van der Waals surface area contributed by atoms with Crippen LogP contribution in [0.3, 0.4) is 0 Å². The highest BCUT2D eigenvalue weighted by Crippen LogP contribution is 2.29. The minimum atomic E-state index is -0.914. The normalized spacial score (nSPS) is 10.8. The topological polar surface area (TPSA) is 51.5 Å². The lowest BCUT2D eigenvalue weighted by atomic mass is 10.1. The number of carboxylic acids is 1. The predicted octanol–water partition coefficient (Wildman–Crippen LogP) is 3.76. The Morgan fingerprint density at radius 3 is 2.59 bits per heavy atom. The smallest absolute Gasteiger partial charge is 0.338 e. The van der Waals surface area contributed by atoms with Crippen LogP contribution in [0.25, 0.3) is 10.9 Å². The number of aromatic nitrogens is 1. The number of benzene rings is 2. The summed E-state index contributed by atoms with van der Waals surface area (Å²) in [5, 5.41) is 10.1. The molecule has 0 amide bonds. The van der Waals surface area contributed by atoms with Gasteiger partial charge in [-0.2, -0.15) is 0 Å². The van der Waals surface area contributed by atoms with Gasteiger partial charge in [0.05, 0.1) is 5.56 Å². The van der Waals surface area contributed by atoms with E-state index in [0.717, 1.165) is 16.8 Å². The molecule has 3 rings (SSSR count). The Morgan fingerprint density at radius 2 is 1.91 bits per heavy atom. The molecule has 0 unspecified atom stereocenters. The van der Waals surface area contributed by atoms with Gasteiger partial charge in [0, 0.05) is 23.6 Å². The fraction of sp³-hybridized carbons (Fsp3) is 0.167. The van der Waals surface area contributed by atoms with Crippen molar-refractivity contribution < 1.29 is 14.6 Å². The molecule has 0 atom stereocenters. The number of nitrogens with zero attached hydrogens (tertiary/aromatic N) is 1. The van der Waals surface area contributed by atoms with Crippen molar-refractivity contribution in [3.63, 3.8) is 0 Å². The van der Waals surface area contributed by atoms with Crippen molar-refractivity contribution in [3.8, 4) is 5.75 Å². The summed E-state index contributed by atoms with van der Waals surface area (Å²) in [6, 6.07) is 15.4. The quantitative estimate of drug-likeness (QED) is 0.797. The molecular formula is C18H17NO3. The molecule has 0 saturated heterocycles. The minimum Gasteiger partial charge on any atom is -0.489 e. The zero-order valence-electron chi connectivity index (χ0n) is 12.5. The van der Waals surface area contributed by atoms with Crippen LogP contribution < -0.4 is 4.74 Å². The lowest BCUT2D eigenvalue weighted by molar-refractivity contribution is 0.0698. The van der Waals surface area contributed by atoms with E-state index in [2.05, 4.69) is 0 Å². The first-order valence-corrected chi connectivity index (χ1v) is 7.07. The zero-order valence-corrected chi connectivity index (χ0v) is 12.5. The Hall–Kier alpha value is -2.75. The molecule has 0 saturated carbocycles. The van der Waals surface area contributed by atoms with Crippen LogP contribution in [0.2, 0.25) is 0 Å². The van der Waals surface area contributed by atoms with E-state index in [0.29, 0.717) is 23.3 Å². The largest absolute Gasteiger partial charge is 0.489 e. The van der Waals surface area contributed by atoms with E-state index in [1.165, 1.54) is 0 Å². The molecule has 0 spiro atoms. The summed E-state index contributed by atoms with van der Waals surface area (Å²) in [6.45, 7) is 2.27. The monoisotopic (exact) mass is 295 g/mol. The van der Waals surface area contributed by atoms with Gasteiger partial charge in [-0.1, -0.05) is 30.3 Å². The molecule has 0 radical (unpaired) electrons. The molecule has 112 valence electrons. The number of aromatic carboxylic acids is 1. The Labute approximate surface area is 128 Å². The maximum atomic E-state index is 11.5. The zero-order chi connectivity index (χ0) is 15.7. The summed E-state index contributed by atoms with van der Waals surface area (Å²) in [7, 11) is 1.87. The molecule has 0 aliphatic carbocycles. The molecule has 1 N–H and O–H groups in total. The maximum absolute atomic E-state index is 11.5. The van der Waals surface area contributed by atoms with Gasteiger partial charge < -0.3 is 14.4 Å². The van der Waals surface area contributed by atoms with Crippen molar-refractivity contribution in [2.24, 2.45) is 7.05 Å². The van der Waals surface area contributed by atoms with Crippen molar-refractivity contribution in [1.29, 1.82) is 0 Å². The first kappa shape index (κ1) is 14.2. The number of hydrogen-bond acceptors (Lipinski definition) is 2. The molecule has 3 aromatic rings. The number of aryl methyl sites for hydroxylation is 1. The third-order valence-electron chi connectivity index (χ3n) is 3.93. The van der Waals surface area contributed by atoms with Crippen LogP contribution in [0.1, 0.15) is 21.6 Å². The summed E-state index contributed by atoms with van der Waals surface area (Å²) in [5.41, 5.74) is 3.04. The van der Waals surface area contributed by atoms with Crippen molar-refractivity contribution in [1.82, 2.24) is 4.57 Å². The number of ether oxygens (including phenoxy) is 1. The Bertz CT molecular complexity index is 834. The van der Waals surface area contributed by atoms with Crippen LogP contribution in [0.4, 0.5) is 0 Å². The third-order valence-corrected chi connectivity index (χ3v) is 3.93. The van der Waals surface area contributed by atoms with Crippen molar-refractivity contribution in [3.05, 3.63) is 65.4 Å². The summed E-state index contributed by atoms with van der Waals surface area (Å²) >= 11 is 0. The van der Waals surface area contributed by atoms with E-state index in [1.54, 1.807) is 6.07 Å². The fourth-order valence-corrected chi connectivity index (χ4v) is 2.65. The number of fused-ring (bicyclic) bond motifs is 1. The summed E-state index contributed by atoms with van der Waals surface area (Å²) in [4.78, 5) is 11.5. The highest BCUT2D eigenvalue weighted by atomic mass is 16.5. The van der Waals surface area contributed by atoms with E-state index < -0.39 is 5.97 Å². The number of rotatable bonds is 4. The van der Waals surface area contributed by atoms with E-state index >= 15 is 0 Å². The molecule has 1 heterocycles. The van der Waals surface area contributed by atoms with Crippen LogP contribution in [0.5, 0.6) is 5.75 Å². The van der Waals surface area contributed by atoms with Crippen LogP contribution in [-0.2, 0) is 13.7 Å². The molecule has 0 aliphatic heterocycles. The van der Waals surface area contributed by atoms with Gasteiger partial charge in [-0.05, 0) is 30.7 Å². The fourth-order valence-electron chi connectivity index (χ4n) is 2.65. The van der Waals surface area contributed by atoms with E-state index in [4.69, 9.17) is 4.74 Å². The van der Waals surface area contributed by atoms with E-state index in [-0.39, 0.29) is 0 Å². The second kappa shape index (κ2) is 5.56. The molecule has 0 fully saturated rings. The average molecular weight is 295 g/mol. The Balaban J connectivity index is 1.95. The molecule has 4 heteroatoms. The number of carboxylic acid groups (broad SMARTS) is 1. The van der Waals surface area contributed by atoms with Gasteiger partial charge in [0.2, 0.25) is 0 Å². The van der Waals surface area contributed by atoms with Gasteiger partial charge in [0.15, 0.2) is 0 Å². The highest BCUT2D eigenvalue weighted by molar-refractivity contribution is 6.05. The first-order valence-electron chi connectivity index (χ1n) is 7.07. The molecular weight excluding hydrogens is 278 g/mol. The molecule has 2 aromatic carbocycles. The van der Waals surface area contributed by atoms with E-state index in [1.807, 2.05) is 61.0 Å². The summed E-state index contributed by atoms with van der Waals surface area (Å²) in [6.07, 6.45) is 0. The van der Waals surface area contributed by atoms with Crippen LogP contribution in [0, 0.1) is 6.92 Å². The highest BCUT2D eigenvalue weighted by Gasteiger charge is 2.18. The molecule has 1 aromatic heterocycles. The standard InChI is InChI=1S/C18H17NO3/c1-12-17(18(20)21)15-10-14(8-9-16(15)19(12)2)22-11-13-6-4-3-5-7-13/h3-10H,11H2,1-2H3,(H,20,21). The summed E-state index contributed by atoms with van der Waals surface area (Å²) in [5.74, 6) is -0.243. The van der Waals surface area contributed by atoms with Crippen LogP contribution in [0.15, 0.2) is 48.5 Å². The molecule has 0 bridgehead atoms. The van der Waals surface area contributed by atoms with Gasteiger partial charge in [-0.15, -0.1) is 0 Å². The van der Waals surface area contributed by atoms with Gasteiger partial charge in [-0.25, -0.2) is 4.79 Å². The average Bonchev–Trinajstić information content (AvgIpc) is 2.77. The van der Waals surface area contributed by atoms with Gasteiger partial charge >= 0.3 is 5.97 Å². The second-order valence-corrected chi connectivity index (χ2v) is 5.28. The number of carbonyl (C=O) groups is 1. The van der Waals surface area contributed by atoms with Gasteiger partial charge in [0.1, 0.15) is 12.4 Å². The molecule has 4 nitrogen and oxygen atoms in total. The molecule has 0 aliphatic rings. The van der Waals surface area contributed by atoms with Crippen molar-refractivity contribution in [2.45, 2.75) is 13.5 Å². The third kappa shape index (κ3) is 2.44. The van der Waals surface area contributed by atoms with Crippen molar-refractivity contribution in [2.75, 3.05) is 0 Å². The van der Waals surface area contributed by atoms with Crippen LogP contribution in [-0.4, -0.2) is 15.6 Å². The summed E-state index contributed by atoms with van der Waals surface area (Å²) < 4.78 is 7.67. The van der Waals surface area contributed by atoms with Gasteiger partial charge in [0.25, 0.3) is 0 Å². The number of hydrogen-bond donors (Lipinski definition) is 1. The van der Waals surface area contributed by atoms with E-state index in [9.17, 15) is 9.90 Å². The molecule has 22 heavy (non-hydrogen) atoms. The maximum Gasteiger partial charge on any atom is 0.338 e. The lowest BCUT2D eigenvalue weighted by Crippen LogP contribution is -1.99. The second-order valence-electron chi connectivity index (χ2n) is 5.28. The SMILES string of the molecule is Cc1c(C(=O)O)c2cc(OCc3ccccc3)ccc2n1C. The predicted molar refractivity (Wildman–Crippen MR) is 85.4 cm³/mol. The first-order chi connectivity index (χ1) is 10.6. The lowest BCUT2D eigenvalue weighted by Gasteiger charge is -2.07.